The fourth-order valence-electron chi connectivity index (χ4n) is 2.24. The van der Waals surface area contributed by atoms with Crippen LogP contribution in [0.2, 0.25) is 0 Å². The summed E-state index contributed by atoms with van der Waals surface area (Å²) in [7, 11) is 0. The molecule has 1 amide bonds. The standard InChI is InChI=1S/C18H15NO3S/c1-12(22-18(21)16-10-5-11-23-16)17(20)19-15-9-4-7-13-6-2-3-8-14(13)15/h2-12H,1H3,(H,19,20)/t12-/m0/s1. The first-order chi connectivity index (χ1) is 11.1. The van der Waals surface area contributed by atoms with Crippen LogP contribution < -0.4 is 5.32 Å². The first kappa shape index (κ1) is 15.2. The molecule has 0 aliphatic carbocycles. The van der Waals surface area contributed by atoms with E-state index >= 15 is 0 Å². The number of ether oxygens (including phenoxy) is 1. The van der Waals surface area contributed by atoms with Crippen molar-refractivity contribution in [3.63, 3.8) is 0 Å². The first-order valence-corrected chi connectivity index (χ1v) is 8.06. The quantitative estimate of drug-likeness (QED) is 0.735. The number of amides is 1. The number of hydrogen-bond donors (Lipinski definition) is 1. The highest BCUT2D eigenvalue weighted by Crippen LogP contribution is 2.23. The van der Waals surface area contributed by atoms with Crippen molar-refractivity contribution >= 4 is 39.7 Å². The number of nitrogens with one attached hydrogen (secondary N) is 1. The fraction of sp³-hybridized carbons (Fsp3) is 0.111. The topological polar surface area (TPSA) is 55.4 Å². The van der Waals surface area contributed by atoms with Gasteiger partial charge in [-0.2, -0.15) is 0 Å². The van der Waals surface area contributed by atoms with Crippen molar-refractivity contribution in [2.75, 3.05) is 5.32 Å². The third-order valence-corrected chi connectivity index (χ3v) is 4.27. The van der Waals surface area contributed by atoms with E-state index in [0.29, 0.717) is 10.6 Å². The SMILES string of the molecule is C[C@H](OC(=O)c1cccs1)C(=O)Nc1cccc2ccccc12. The van der Waals surface area contributed by atoms with Crippen LogP contribution in [0.3, 0.4) is 0 Å². The van der Waals surface area contributed by atoms with Crippen molar-refractivity contribution in [3.05, 3.63) is 64.9 Å². The van der Waals surface area contributed by atoms with Crippen molar-refractivity contribution in [1.29, 1.82) is 0 Å². The number of esters is 1. The van der Waals surface area contributed by atoms with Crippen molar-refractivity contribution in [2.45, 2.75) is 13.0 Å². The lowest BCUT2D eigenvalue weighted by Gasteiger charge is -2.14. The lowest BCUT2D eigenvalue weighted by atomic mass is 10.1. The Morgan fingerprint density at radius 1 is 1.04 bits per heavy atom. The van der Waals surface area contributed by atoms with Gasteiger partial charge in [-0.05, 0) is 29.8 Å². The first-order valence-electron chi connectivity index (χ1n) is 7.18. The summed E-state index contributed by atoms with van der Waals surface area (Å²) in [6, 6.07) is 16.9. The van der Waals surface area contributed by atoms with Gasteiger partial charge in [0.05, 0.1) is 0 Å². The van der Waals surface area contributed by atoms with Crippen LogP contribution in [0.1, 0.15) is 16.6 Å². The molecule has 0 bridgehead atoms. The predicted molar refractivity (Wildman–Crippen MR) is 91.8 cm³/mol. The van der Waals surface area contributed by atoms with Crippen LogP contribution in [0, 0.1) is 0 Å². The molecular formula is C18H15NO3S. The lowest BCUT2D eigenvalue weighted by Crippen LogP contribution is -2.29. The molecule has 0 spiro atoms. The Hall–Kier alpha value is -2.66. The van der Waals surface area contributed by atoms with Gasteiger partial charge in [0.15, 0.2) is 6.10 Å². The molecule has 4 nitrogen and oxygen atoms in total. The third kappa shape index (κ3) is 3.40. The van der Waals surface area contributed by atoms with Gasteiger partial charge in [-0.3, -0.25) is 4.79 Å². The number of anilines is 1. The second kappa shape index (κ2) is 6.62. The molecule has 0 fully saturated rings. The number of hydrogen-bond acceptors (Lipinski definition) is 4. The molecule has 5 heteroatoms. The smallest absolute Gasteiger partial charge is 0.349 e. The summed E-state index contributed by atoms with van der Waals surface area (Å²) in [5.41, 5.74) is 0.701. The summed E-state index contributed by atoms with van der Waals surface area (Å²) in [6.07, 6.45) is -0.872. The Bertz CT molecular complexity index is 837. The summed E-state index contributed by atoms with van der Waals surface area (Å²) >= 11 is 1.28. The number of rotatable bonds is 4. The van der Waals surface area contributed by atoms with Gasteiger partial charge in [-0.25, -0.2) is 4.79 Å². The van der Waals surface area contributed by atoms with E-state index in [1.807, 2.05) is 42.5 Å². The summed E-state index contributed by atoms with van der Waals surface area (Å²) in [4.78, 5) is 24.7. The Labute approximate surface area is 137 Å². The average Bonchev–Trinajstić information content (AvgIpc) is 3.09. The van der Waals surface area contributed by atoms with Crippen LogP contribution >= 0.6 is 11.3 Å². The molecule has 1 atom stereocenters. The van der Waals surface area contributed by atoms with Crippen LogP contribution in [0.4, 0.5) is 5.69 Å². The fourth-order valence-corrected chi connectivity index (χ4v) is 2.84. The predicted octanol–water partition coefficient (Wildman–Crippen LogP) is 4.09. The van der Waals surface area contributed by atoms with Gasteiger partial charge in [-0.15, -0.1) is 11.3 Å². The second-order valence-electron chi connectivity index (χ2n) is 5.04. The molecule has 2 aromatic carbocycles. The molecule has 1 aromatic heterocycles. The van der Waals surface area contributed by atoms with E-state index in [9.17, 15) is 9.59 Å². The van der Waals surface area contributed by atoms with E-state index in [2.05, 4.69) is 5.32 Å². The molecule has 3 rings (SSSR count). The molecule has 1 N–H and O–H groups in total. The van der Waals surface area contributed by atoms with E-state index in [0.717, 1.165) is 10.8 Å². The molecule has 3 aromatic rings. The minimum Gasteiger partial charge on any atom is -0.448 e. The number of carbonyl (C=O) groups excluding carboxylic acids is 2. The molecule has 1 heterocycles. The average molecular weight is 325 g/mol. The molecule has 116 valence electrons. The van der Waals surface area contributed by atoms with Gasteiger partial charge >= 0.3 is 5.97 Å². The molecule has 23 heavy (non-hydrogen) atoms. The Morgan fingerprint density at radius 3 is 2.61 bits per heavy atom. The maximum absolute atomic E-state index is 12.3. The van der Waals surface area contributed by atoms with Gasteiger partial charge in [0, 0.05) is 11.1 Å². The van der Waals surface area contributed by atoms with Gasteiger partial charge in [-0.1, -0.05) is 42.5 Å². The minimum atomic E-state index is -0.872. The van der Waals surface area contributed by atoms with Crippen LogP contribution in [0.25, 0.3) is 10.8 Å². The summed E-state index contributed by atoms with van der Waals surface area (Å²) in [5, 5.41) is 6.59. The van der Waals surface area contributed by atoms with Crippen molar-refractivity contribution in [3.8, 4) is 0 Å². The van der Waals surface area contributed by atoms with Crippen molar-refractivity contribution in [2.24, 2.45) is 0 Å². The van der Waals surface area contributed by atoms with Crippen molar-refractivity contribution < 1.29 is 14.3 Å². The molecule has 0 radical (unpaired) electrons. The highest BCUT2D eigenvalue weighted by molar-refractivity contribution is 7.11. The van der Waals surface area contributed by atoms with E-state index in [1.165, 1.54) is 11.3 Å². The van der Waals surface area contributed by atoms with Crippen LogP contribution in [0.5, 0.6) is 0 Å². The maximum Gasteiger partial charge on any atom is 0.349 e. The zero-order valence-electron chi connectivity index (χ0n) is 12.5. The molecule has 0 saturated heterocycles. The summed E-state index contributed by atoms with van der Waals surface area (Å²) < 4.78 is 5.20. The highest BCUT2D eigenvalue weighted by atomic mass is 32.1. The molecule has 0 unspecified atom stereocenters. The van der Waals surface area contributed by atoms with Gasteiger partial charge in [0.1, 0.15) is 4.88 Å². The van der Waals surface area contributed by atoms with E-state index in [1.54, 1.807) is 24.4 Å². The van der Waals surface area contributed by atoms with Crippen molar-refractivity contribution in [1.82, 2.24) is 0 Å². The maximum atomic E-state index is 12.3. The molecular weight excluding hydrogens is 310 g/mol. The molecule has 0 aliphatic heterocycles. The Morgan fingerprint density at radius 2 is 1.83 bits per heavy atom. The summed E-state index contributed by atoms with van der Waals surface area (Å²) in [6.45, 7) is 1.56. The minimum absolute atomic E-state index is 0.355. The largest absolute Gasteiger partial charge is 0.448 e. The van der Waals surface area contributed by atoms with E-state index in [4.69, 9.17) is 4.74 Å². The highest BCUT2D eigenvalue weighted by Gasteiger charge is 2.20. The third-order valence-electron chi connectivity index (χ3n) is 3.42. The van der Waals surface area contributed by atoms with Gasteiger partial charge in [0.2, 0.25) is 0 Å². The van der Waals surface area contributed by atoms with Crippen LogP contribution in [-0.2, 0) is 9.53 Å². The van der Waals surface area contributed by atoms with Crippen LogP contribution in [-0.4, -0.2) is 18.0 Å². The van der Waals surface area contributed by atoms with Gasteiger partial charge in [0.25, 0.3) is 5.91 Å². The number of benzene rings is 2. The molecule has 0 aliphatic rings. The van der Waals surface area contributed by atoms with Crippen LogP contribution in [0.15, 0.2) is 60.0 Å². The van der Waals surface area contributed by atoms with E-state index < -0.39 is 12.1 Å². The Kier molecular flexibility index (Phi) is 4.39. The monoisotopic (exact) mass is 325 g/mol. The summed E-state index contributed by atoms with van der Waals surface area (Å²) in [5.74, 6) is -0.841. The van der Waals surface area contributed by atoms with E-state index in [-0.39, 0.29) is 5.91 Å². The van der Waals surface area contributed by atoms with Gasteiger partial charge < -0.3 is 10.1 Å². The zero-order valence-corrected chi connectivity index (χ0v) is 13.3. The normalized spacial score (nSPS) is 11.9. The number of thiophene rings is 1. The number of carbonyl (C=O) groups is 2. The Balaban J connectivity index is 1.72. The second-order valence-corrected chi connectivity index (χ2v) is 5.99. The number of fused-ring (bicyclic) bond motifs is 1. The lowest BCUT2D eigenvalue weighted by molar-refractivity contribution is -0.123. The zero-order chi connectivity index (χ0) is 16.2. The molecule has 0 saturated carbocycles.